The minimum Gasteiger partial charge on any atom is -0.464 e. The van der Waals surface area contributed by atoms with Gasteiger partial charge >= 0.3 is 6.18 Å². The Kier molecular flexibility index (Phi) is 4.57. The van der Waals surface area contributed by atoms with Gasteiger partial charge in [-0.1, -0.05) is 18.2 Å². The SMILES string of the molecule is NCC(OCC(F)(F)F)Oc1ccccc1. The molecule has 0 spiro atoms. The molecule has 0 fully saturated rings. The maximum Gasteiger partial charge on any atom is 0.411 e. The van der Waals surface area contributed by atoms with Crippen molar-refractivity contribution in [2.24, 2.45) is 5.73 Å². The smallest absolute Gasteiger partial charge is 0.411 e. The maximum atomic E-state index is 11.9. The number of para-hydroxylation sites is 1. The minimum absolute atomic E-state index is 0.148. The molecule has 1 aromatic carbocycles. The van der Waals surface area contributed by atoms with Gasteiger partial charge in [0, 0.05) is 0 Å². The minimum atomic E-state index is -4.38. The molecule has 1 rings (SSSR count). The highest BCUT2D eigenvalue weighted by molar-refractivity contribution is 5.21. The van der Waals surface area contributed by atoms with Crippen molar-refractivity contribution in [1.82, 2.24) is 0 Å². The van der Waals surface area contributed by atoms with Crippen molar-refractivity contribution in [3.05, 3.63) is 30.3 Å². The summed E-state index contributed by atoms with van der Waals surface area (Å²) >= 11 is 0. The quantitative estimate of drug-likeness (QED) is 0.793. The first kappa shape index (κ1) is 12.8. The topological polar surface area (TPSA) is 44.5 Å². The molecular formula is C10H12F3NO2. The van der Waals surface area contributed by atoms with E-state index in [9.17, 15) is 13.2 Å². The molecule has 0 aliphatic heterocycles. The van der Waals surface area contributed by atoms with Crippen LogP contribution in [0.3, 0.4) is 0 Å². The van der Waals surface area contributed by atoms with E-state index in [-0.39, 0.29) is 6.54 Å². The molecule has 0 aliphatic carbocycles. The molecule has 0 bridgehead atoms. The lowest BCUT2D eigenvalue weighted by molar-refractivity contribution is -0.208. The molecule has 0 heterocycles. The number of halogens is 3. The molecule has 0 amide bonds. The first-order chi connectivity index (χ1) is 7.51. The zero-order valence-electron chi connectivity index (χ0n) is 8.41. The molecule has 0 saturated carbocycles. The van der Waals surface area contributed by atoms with Gasteiger partial charge in [0.1, 0.15) is 12.4 Å². The molecule has 90 valence electrons. The fourth-order valence-corrected chi connectivity index (χ4v) is 0.988. The van der Waals surface area contributed by atoms with Gasteiger partial charge in [-0.15, -0.1) is 0 Å². The Morgan fingerprint density at radius 1 is 1.19 bits per heavy atom. The van der Waals surface area contributed by atoms with Gasteiger partial charge in [-0.25, -0.2) is 0 Å². The summed E-state index contributed by atoms with van der Waals surface area (Å²) in [5.41, 5.74) is 5.23. The average Bonchev–Trinajstić information content (AvgIpc) is 2.24. The number of alkyl halides is 3. The monoisotopic (exact) mass is 235 g/mol. The third kappa shape index (κ3) is 4.99. The predicted octanol–water partition coefficient (Wildman–Crippen LogP) is 1.93. The molecule has 1 atom stereocenters. The number of ether oxygens (including phenoxy) is 2. The zero-order valence-corrected chi connectivity index (χ0v) is 8.41. The molecule has 0 radical (unpaired) electrons. The number of rotatable bonds is 5. The van der Waals surface area contributed by atoms with E-state index < -0.39 is 19.1 Å². The van der Waals surface area contributed by atoms with Crippen LogP contribution >= 0.6 is 0 Å². The van der Waals surface area contributed by atoms with Gasteiger partial charge in [-0.3, -0.25) is 0 Å². The van der Waals surface area contributed by atoms with E-state index in [4.69, 9.17) is 10.5 Å². The Labute approximate surface area is 91.0 Å². The molecule has 0 aliphatic rings. The van der Waals surface area contributed by atoms with Crippen LogP contribution < -0.4 is 10.5 Å². The van der Waals surface area contributed by atoms with Crippen molar-refractivity contribution in [3.8, 4) is 5.75 Å². The van der Waals surface area contributed by atoms with E-state index >= 15 is 0 Å². The van der Waals surface area contributed by atoms with Crippen LogP contribution in [-0.4, -0.2) is 25.6 Å². The Morgan fingerprint density at radius 3 is 2.31 bits per heavy atom. The fraction of sp³-hybridized carbons (Fsp3) is 0.400. The number of benzene rings is 1. The van der Waals surface area contributed by atoms with E-state index in [1.54, 1.807) is 30.3 Å². The number of hydrogen-bond donors (Lipinski definition) is 1. The summed E-state index contributed by atoms with van der Waals surface area (Å²) in [6.45, 7) is -1.52. The molecular weight excluding hydrogens is 223 g/mol. The van der Waals surface area contributed by atoms with Crippen molar-refractivity contribution >= 4 is 0 Å². The standard InChI is InChI=1S/C10H12F3NO2/c11-10(12,13)7-15-9(6-14)16-8-4-2-1-3-5-8/h1-5,9H,6-7,14H2. The highest BCUT2D eigenvalue weighted by Gasteiger charge is 2.29. The van der Waals surface area contributed by atoms with Gasteiger partial charge < -0.3 is 15.2 Å². The van der Waals surface area contributed by atoms with Crippen LogP contribution in [0.25, 0.3) is 0 Å². The van der Waals surface area contributed by atoms with Crippen LogP contribution in [0.2, 0.25) is 0 Å². The summed E-state index contributed by atoms with van der Waals surface area (Å²) in [5.74, 6) is 0.417. The normalized spacial score (nSPS) is 13.5. The average molecular weight is 235 g/mol. The first-order valence-corrected chi connectivity index (χ1v) is 4.61. The largest absolute Gasteiger partial charge is 0.464 e. The highest BCUT2D eigenvalue weighted by Crippen LogP contribution is 2.17. The van der Waals surface area contributed by atoms with Crippen molar-refractivity contribution in [2.75, 3.05) is 13.2 Å². The second-order valence-corrected chi connectivity index (χ2v) is 3.02. The molecule has 1 unspecified atom stereocenters. The van der Waals surface area contributed by atoms with E-state index in [2.05, 4.69) is 4.74 Å². The summed E-state index contributed by atoms with van der Waals surface area (Å²) in [5, 5.41) is 0. The Hall–Kier alpha value is -1.27. The van der Waals surface area contributed by atoms with Crippen LogP contribution in [0.4, 0.5) is 13.2 Å². The summed E-state index contributed by atoms with van der Waals surface area (Å²) in [4.78, 5) is 0. The van der Waals surface area contributed by atoms with Gasteiger partial charge in [0.25, 0.3) is 0 Å². The number of hydrogen-bond acceptors (Lipinski definition) is 3. The molecule has 0 aromatic heterocycles. The van der Waals surface area contributed by atoms with Crippen molar-refractivity contribution in [3.63, 3.8) is 0 Å². The van der Waals surface area contributed by atoms with Gasteiger partial charge in [0.05, 0.1) is 6.54 Å². The van der Waals surface area contributed by atoms with Crippen LogP contribution in [0, 0.1) is 0 Å². The Bertz CT molecular complexity index is 303. The fourth-order valence-electron chi connectivity index (χ4n) is 0.988. The predicted molar refractivity (Wildman–Crippen MR) is 51.9 cm³/mol. The zero-order chi connectivity index (χ0) is 12.0. The Balaban J connectivity index is 2.44. The third-order valence-electron chi connectivity index (χ3n) is 1.64. The van der Waals surface area contributed by atoms with Crippen LogP contribution in [0.5, 0.6) is 5.75 Å². The lowest BCUT2D eigenvalue weighted by Crippen LogP contribution is -2.33. The van der Waals surface area contributed by atoms with Crippen molar-refractivity contribution < 1.29 is 22.6 Å². The van der Waals surface area contributed by atoms with Crippen LogP contribution in [0.15, 0.2) is 30.3 Å². The summed E-state index contributed by atoms with van der Waals surface area (Å²) < 4.78 is 45.2. The van der Waals surface area contributed by atoms with Crippen molar-refractivity contribution in [2.45, 2.75) is 12.5 Å². The lowest BCUT2D eigenvalue weighted by atomic mass is 10.3. The Morgan fingerprint density at radius 2 is 1.81 bits per heavy atom. The molecule has 2 N–H and O–H groups in total. The maximum absolute atomic E-state index is 11.9. The first-order valence-electron chi connectivity index (χ1n) is 4.61. The lowest BCUT2D eigenvalue weighted by Gasteiger charge is -2.18. The van der Waals surface area contributed by atoms with Gasteiger partial charge in [0.15, 0.2) is 0 Å². The van der Waals surface area contributed by atoms with Crippen molar-refractivity contribution in [1.29, 1.82) is 0 Å². The van der Waals surface area contributed by atoms with E-state index in [0.29, 0.717) is 5.75 Å². The summed E-state index contributed by atoms with van der Waals surface area (Å²) in [7, 11) is 0. The second kappa shape index (κ2) is 5.72. The molecule has 3 nitrogen and oxygen atoms in total. The van der Waals surface area contributed by atoms with Gasteiger partial charge in [-0.05, 0) is 12.1 Å². The van der Waals surface area contributed by atoms with Crippen LogP contribution in [-0.2, 0) is 4.74 Å². The van der Waals surface area contributed by atoms with Crippen LogP contribution in [0.1, 0.15) is 0 Å². The van der Waals surface area contributed by atoms with E-state index in [1.165, 1.54) is 0 Å². The molecule has 6 heteroatoms. The summed E-state index contributed by atoms with van der Waals surface area (Å²) in [6.07, 6.45) is -5.47. The summed E-state index contributed by atoms with van der Waals surface area (Å²) in [6, 6.07) is 8.39. The third-order valence-corrected chi connectivity index (χ3v) is 1.64. The van der Waals surface area contributed by atoms with E-state index in [0.717, 1.165) is 0 Å². The number of nitrogens with two attached hydrogens (primary N) is 1. The molecule has 16 heavy (non-hydrogen) atoms. The molecule has 0 saturated heterocycles. The van der Waals surface area contributed by atoms with E-state index in [1.807, 2.05) is 0 Å². The highest BCUT2D eigenvalue weighted by atomic mass is 19.4. The van der Waals surface area contributed by atoms with Gasteiger partial charge in [0.2, 0.25) is 6.29 Å². The second-order valence-electron chi connectivity index (χ2n) is 3.02. The van der Waals surface area contributed by atoms with Gasteiger partial charge in [-0.2, -0.15) is 13.2 Å². The molecule has 1 aromatic rings.